The second-order valence-corrected chi connectivity index (χ2v) is 7.36. The first-order valence-corrected chi connectivity index (χ1v) is 8.51. The van der Waals surface area contributed by atoms with Crippen molar-refractivity contribution in [2.24, 2.45) is 5.92 Å². The number of carbonyl (C=O) groups excluding carboxylic acids is 1. The minimum absolute atomic E-state index is 0.105. The Morgan fingerprint density at radius 1 is 1.40 bits per heavy atom. The molecule has 112 valence electrons. The number of rotatable bonds is 5. The standard InChI is InChI=1S/C13H17ClFNO3S/c1-4-16(8-9(2)3)13(17)10-5-6-11(15)12(7-10)20(14,18)19/h5-7,9H,4,8H2,1-3H3. The molecule has 0 radical (unpaired) electrons. The van der Waals surface area contributed by atoms with Crippen molar-refractivity contribution >= 4 is 25.6 Å². The number of nitrogens with zero attached hydrogens (tertiary/aromatic N) is 1. The van der Waals surface area contributed by atoms with Crippen molar-refractivity contribution < 1.29 is 17.6 Å². The summed E-state index contributed by atoms with van der Waals surface area (Å²) in [6.07, 6.45) is 0. The first-order valence-electron chi connectivity index (χ1n) is 6.20. The van der Waals surface area contributed by atoms with Gasteiger partial charge in [-0.05, 0) is 31.0 Å². The first-order chi connectivity index (χ1) is 9.16. The van der Waals surface area contributed by atoms with Gasteiger partial charge in [0, 0.05) is 29.3 Å². The minimum atomic E-state index is -4.22. The van der Waals surface area contributed by atoms with E-state index in [1.165, 1.54) is 6.07 Å². The van der Waals surface area contributed by atoms with Crippen LogP contribution < -0.4 is 0 Å². The summed E-state index contributed by atoms with van der Waals surface area (Å²) in [6, 6.07) is 3.17. The zero-order valence-electron chi connectivity index (χ0n) is 11.6. The molecule has 1 rings (SSSR count). The lowest BCUT2D eigenvalue weighted by atomic mass is 10.1. The third kappa shape index (κ3) is 4.18. The van der Waals surface area contributed by atoms with Crippen LogP contribution in [-0.2, 0) is 9.05 Å². The Balaban J connectivity index is 3.17. The summed E-state index contributed by atoms with van der Waals surface area (Å²) < 4.78 is 35.9. The molecule has 1 amide bonds. The molecule has 0 bridgehead atoms. The Hall–Kier alpha value is -1.14. The molecule has 7 heteroatoms. The van der Waals surface area contributed by atoms with E-state index in [4.69, 9.17) is 10.7 Å². The molecule has 1 aromatic rings. The van der Waals surface area contributed by atoms with Crippen LogP contribution in [0.3, 0.4) is 0 Å². The second kappa shape index (κ2) is 6.54. The van der Waals surface area contributed by atoms with Gasteiger partial charge in [0.15, 0.2) is 0 Å². The third-order valence-electron chi connectivity index (χ3n) is 2.70. The zero-order chi connectivity index (χ0) is 15.5. The fourth-order valence-corrected chi connectivity index (χ4v) is 2.73. The van der Waals surface area contributed by atoms with Gasteiger partial charge in [0.25, 0.3) is 15.0 Å². The van der Waals surface area contributed by atoms with Crippen LogP contribution in [0.4, 0.5) is 4.39 Å². The number of benzene rings is 1. The van der Waals surface area contributed by atoms with E-state index in [1.54, 1.807) is 4.90 Å². The van der Waals surface area contributed by atoms with Crippen LogP contribution in [0, 0.1) is 11.7 Å². The summed E-state index contributed by atoms with van der Waals surface area (Å²) in [5, 5.41) is 0. The van der Waals surface area contributed by atoms with Gasteiger partial charge in [-0.3, -0.25) is 4.79 Å². The van der Waals surface area contributed by atoms with Gasteiger partial charge >= 0.3 is 0 Å². The summed E-state index contributed by atoms with van der Waals surface area (Å²) in [7, 11) is 0.927. The van der Waals surface area contributed by atoms with E-state index in [2.05, 4.69) is 0 Å². The smallest absolute Gasteiger partial charge is 0.264 e. The summed E-state index contributed by atoms with van der Waals surface area (Å²) in [5.74, 6) is -1.04. The van der Waals surface area contributed by atoms with E-state index in [9.17, 15) is 17.6 Å². The van der Waals surface area contributed by atoms with Crippen molar-refractivity contribution in [1.29, 1.82) is 0 Å². The number of halogens is 2. The highest BCUT2D eigenvalue weighted by molar-refractivity contribution is 8.13. The van der Waals surface area contributed by atoms with Crippen LogP contribution >= 0.6 is 10.7 Å². The summed E-state index contributed by atoms with van der Waals surface area (Å²) in [6.45, 7) is 6.78. The topological polar surface area (TPSA) is 54.5 Å². The number of amides is 1. The fraction of sp³-hybridized carbons (Fsp3) is 0.462. The highest BCUT2D eigenvalue weighted by Gasteiger charge is 2.21. The molecule has 20 heavy (non-hydrogen) atoms. The minimum Gasteiger partial charge on any atom is -0.339 e. The molecule has 0 heterocycles. The lowest BCUT2D eigenvalue weighted by Crippen LogP contribution is -2.34. The fourth-order valence-electron chi connectivity index (χ4n) is 1.80. The summed E-state index contributed by atoms with van der Waals surface area (Å²) >= 11 is 0. The van der Waals surface area contributed by atoms with Crippen molar-refractivity contribution in [3.05, 3.63) is 29.6 Å². The van der Waals surface area contributed by atoms with Gasteiger partial charge in [-0.2, -0.15) is 0 Å². The van der Waals surface area contributed by atoms with E-state index >= 15 is 0 Å². The lowest BCUT2D eigenvalue weighted by molar-refractivity contribution is 0.0745. The normalized spacial score (nSPS) is 11.7. The van der Waals surface area contributed by atoms with Crippen molar-refractivity contribution in [1.82, 2.24) is 4.90 Å². The molecular formula is C13H17ClFNO3S. The van der Waals surface area contributed by atoms with Crippen molar-refractivity contribution in [3.8, 4) is 0 Å². The molecule has 1 aromatic carbocycles. The molecule has 0 fully saturated rings. The molecular weight excluding hydrogens is 305 g/mol. The van der Waals surface area contributed by atoms with Gasteiger partial charge in [-0.15, -0.1) is 0 Å². The van der Waals surface area contributed by atoms with E-state index in [1.807, 2.05) is 20.8 Å². The van der Waals surface area contributed by atoms with Gasteiger partial charge < -0.3 is 4.90 Å². The predicted octanol–water partition coefficient (Wildman–Crippen LogP) is 2.87. The second-order valence-electron chi connectivity index (χ2n) is 4.82. The Bertz CT molecular complexity index is 602. The van der Waals surface area contributed by atoms with Crippen molar-refractivity contribution in [2.75, 3.05) is 13.1 Å². The van der Waals surface area contributed by atoms with E-state index in [0.717, 1.165) is 12.1 Å². The van der Waals surface area contributed by atoms with Crippen LogP contribution in [0.25, 0.3) is 0 Å². The first kappa shape index (κ1) is 16.9. The maximum Gasteiger partial charge on any atom is 0.264 e. The van der Waals surface area contributed by atoms with Crippen LogP contribution in [0.5, 0.6) is 0 Å². The SMILES string of the molecule is CCN(CC(C)C)C(=O)c1ccc(F)c(S(=O)(=O)Cl)c1. The highest BCUT2D eigenvalue weighted by atomic mass is 35.7. The molecule has 0 spiro atoms. The zero-order valence-corrected chi connectivity index (χ0v) is 13.1. The van der Waals surface area contributed by atoms with E-state index in [0.29, 0.717) is 13.1 Å². The van der Waals surface area contributed by atoms with Gasteiger partial charge in [0.1, 0.15) is 10.7 Å². The molecule has 0 saturated heterocycles. The molecule has 0 saturated carbocycles. The van der Waals surface area contributed by atoms with Crippen LogP contribution in [-0.4, -0.2) is 32.3 Å². The van der Waals surface area contributed by atoms with Gasteiger partial charge in [-0.1, -0.05) is 13.8 Å². The molecule has 0 aliphatic rings. The monoisotopic (exact) mass is 321 g/mol. The van der Waals surface area contributed by atoms with Crippen LogP contribution in [0.1, 0.15) is 31.1 Å². The Morgan fingerprint density at radius 2 is 2.00 bits per heavy atom. The van der Waals surface area contributed by atoms with E-state index in [-0.39, 0.29) is 17.4 Å². The Morgan fingerprint density at radius 3 is 2.45 bits per heavy atom. The van der Waals surface area contributed by atoms with Gasteiger partial charge in [-0.25, -0.2) is 12.8 Å². The van der Waals surface area contributed by atoms with Crippen LogP contribution in [0.2, 0.25) is 0 Å². The maximum absolute atomic E-state index is 13.4. The van der Waals surface area contributed by atoms with Crippen molar-refractivity contribution in [2.45, 2.75) is 25.7 Å². The van der Waals surface area contributed by atoms with Crippen LogP contribution in [0.15, 0.2) is 23.1 Å². The molecule has 0 N–H and O–H groups in total. The number of carbonyl (C=O) groups is 1. The van der Waals surface area contributed by atoms with Gasteiger partial charge in [0.05, 0.1) is 0 Å². The highest BCUT2D eigenvalue weighted by Crippen LogP contribution is 2.21. The Kier molecular flexibility index (Phi) is 5.53. The number of hydrogen-bond acceptors (Lipinski definition) is 3. The lowest BCUT2D eigenvalue weighted by Gasteiger charge is -2.23. The largest absolute Gasteiger partial charge is 0.339 e. The number of hydrogen-bond donors (Lipinski definition) is 0. The molecule has 0 unspecified atom stereocenters. The molecule has 0 atom stereocenters. The maximum atomic E-state index is 13.4. The van der Waals surface area contributed by atoms with Gasteiger partial charge in [0.2, 0.25) is 0 Å². The predicted molar refractivity (Wildman–Crippen MR) is 75.9 cm³/mol. The average Bonchev–Trinajstić information content (AvgIpc) is 2.34. The molecule has 4 nitrogen and oxygen atoms in total. The quantitative estimate of drug-likeness (QED) is 0.784. The average molecular weight is 322 g/mol. The third-order valence-corrected chi connectivity index (χ3v) is 4.03. The summed E-state index contributed by atoms with van der Waals surface area (Å²) in [4.78, 5) is 13.2. The molecule has 0 aromatic heterocycles. The summed E-state index contributed by atoms with van der Waals surface area (Å²) in [5.41, 5.74) is 0.105. The van der Waals surface area contributed by atoms with E-state index < -0.39 is 19.8 Å². The molecule has 0 aliphatic heterocycles. The molecule has 0 aliphatic carbocycles. The van der Waals surface area contributed by atoms with Crippen molar-refractivity contribution in [3.63, 3.8) is 0 Å². The Labute approximate surface area is 123 Å².